The van der Waals surface area contributed by atoms with Crippen LogP contribution in [0.3, 0.4) is 0 Å². The lowest BCUT2D eigenvalue weighted by atomic mass is 9.97. The molecule has 3 nitrogen and oxygen atoms in total. The van der Waals surface area contributed by atoms with Crippen molar-refractivity contribution in [3.63, 3.8) is 0 Å². The van der Waals surface area contributed by atoms with E-state index in [0.717, 1.165) is 32.1 Å². The van der Waals surface area contributed by atoms with Crippen LogP contribution >= 0.6 is 0 Å². The molecule has 1 saturated heterocycles. The van der Waals surface area contributed by atoms with Gasteiger partial charge in [-0.05, 0) is 45.3 Å². The van der Waals surface area contributed by atoms with Crippen molar-refractivity contribution in [2.24, 2.45) is 5.92 Å². The summed E-state index contributed by atoms with van der Waals surface area (Å²) in [4.78, 5) is 2.30. The SMILES string of the molecule is CCNCC1CCCN(C(C)C#N)C1. The average Bonchev–Trinajstić information content (AvgIpc) is 2.25. The van der Waals surface area contributed by atoms with Gasteiger partial charge >= 0.3 is 0 Å². The van der Waals surface area contributed by atoms with Gasteiger partial charge in [0.15, 0.2) is 0 Å². The summed E-state index contributed by atoms with van der Waals surface area (Å²) in [5.74, 6) is 0.736. The van der Waals surface area contributed by atoms with Gasteiger partial charge in [0.1, 0.15) is 0 Å². The van der Waals surface area contributed by atoms with E-state index in [-0.39, 0.29) is 6.04 Å². The number of likely N-dealkylation sites (tertiary alicyclic amines) is 1. The number of nitrogens with zero attached hydrogens (tertiary/aromatic N) is 2. The Labute approximate surface area is 87.1 Å². The predicted octanol–water partition coefficient (Wildman–Crippen LogP) is 1.22. The predicted molar refractivity (Wildman–Crippen MR) is 57.9 cm³/mol. The molecule has 0 aliphatic carbocycles. The molecule has 3 heteroatoms. The van der Waals surface area contributed by atoms with Gasteiger partial charge in [-0.1, -0.05) is 6.92 Å². The zero-order chi connectivity index (χ0) is 10.4. The highest BCUT2D eigenvalue weighted by molar-refractivity contribution is 4.90. The minimum Gasteiger partial charge on any atom is -0.317 e. The van der Waals surface area contributed by atoms with Crippen molar-refractivity contribution in [1.29, 1.82) is 5.26 Å². The van der Waals surface area contributed by atoms with Crippen LogP contribution in [0.15, 0.2) is 0 Å². The van der Waals surface area contributed by atoms with E-state index >= 15 is 0 Å². The first kappa shape index (κ1) is 11.5. The molecule has 0 spiro atoms. The molecule has 0 radical (unpaired) electrons. The van der Waals surface area contributed by atoms with Crippen LogP contribution in [0, 0.1) is 17.2 Å². The Morgan fingerprint density at radius 2 is 2.43 bits per heavy atom. The van der Waals surface area contributed by atoms with Crippen molar-refractivity contribution < 1.29 is 0 Å². The van der Waals surface area contributed by atoms with Gasteiger partial charge in [-0.15, -0.1) is 0 Å². The Morgan fingerprint density at radius 1 is 1.64 bits per heavy atom. The van der Waals surface area contributed by atoms with Crippen LogP contribution < -0.4 is 5.32 Å². The molecule has 1 aliphatic rings. The summed E-state index contributed by atoms with van der Waals surface area (Å²) in [5.41, 5.74) is 0. The van der Waals surface area contributed by atoms with Crippen LogP contribution in [0.5, 0.6) is 0 Å². The number of hydrogen-bond acceptors (Lipinski definition) is 3. The van der Waals surface area contributed by atoms with Gasteiger partial charge in [0.25, 0.3) is 0 Å². The Balaban J connectivity index is 2.32. The Bertz CT molecular complexity index is 197. The molecule has 0 saturated carbocycles. The molecule has 1 fully saturated rings. The molecule has 2 unspecified atom stereocenters. The molecule has 1 aliphatic heterocycles. The normalized spacial score (nSPS) is 25.6. The Kier molecular flexibility index (Phi) is 4.92. The number of piperidine rings is 1. The molecule has 0 aromatic heterocycles. The summed E-state index contributed by atoms with van der Waals surface area (Å²) < 4.78 is 0. The molecule has 80 valence electrons. The summed E-state index contributed by atoms with van der Waals surface area (Å²) in [6, 6.07) is 2.40. The highest BCUT2D eigenvalue weighted by Gasteiger charge is 2.22. The summed E-state index contributed by atoms with van der Waals surface area (Å²) in [6.45, 7) is 8.46. The van der Waals surface area contributed by atoms with Crippen LogP contribution in [0.1, 0.15) is 26.7 Å². The monoisotopic (exact) mass is 195 g/mol. The lowest BCUT2D eigenvalue weighted by Gasteiger charge is -2.34. The maximum Gasteiger partial charge on any atom is 0.0949 e. The minimum absolute atomic E-state index is 0.0828. The van der Waals surface area contributed by atoms with E-state index in [1.165, 1.54) is 12.8 Å². The molecule has 0 amide bonds. The highest BCUT2D eigenvalue weighted by Crippen LogP contribution is 2.17. The van der Waals surface area contributed by atoms with Crippen molar-refractivity contribution >= 4 is 0 Å². The fourth-order valence-corrected chi connectivity index (χ4v) is 2.05. The second-order valence-corrected chi connectivity index (χ2v) is 4.12. The van der Waals surface area contributed by atoms with Gasteiger partial charge in [0, 0.05) is 6.54 Å². The largest absolute Gasteiger partial charge is 0.317 e. The molecule has 0 aromatic carbocycles. The zero-order valence-corrected chi connectivity index (χ0v) is 9.29. The number of nitrogens with one attached hydrogen (secondary N) is 1. The fourth-order valence-electron chi connectivity index (χ4n) is 2.05. The van der Waals surface area contributed by atoms with Crippen LogP contribution in [0.2, 0.25) is 0 Å². The van der Waals surface area contributed by atoms with Crippen molar-refractivity contribution in [1.82, 2.24) is 10.2 Å². The fraction of sp³-hybridized carbons (Fsp3) is 0.909. The second-order valence-electron chi connectivity index (χ2n) is 4.12. The third-order valence-corrected chi connectivity index (χ3v) is 2.97. The molecule has 0 aromatic rings. The quantitative estimate of drug-likeness (QED) is 0.733. The Hall–Kier alpha value is -0.590. The van der Waals surface area contributed by atoms with Gasteiger partial charge in [-0.3, -0.25) is 4.90 Å². The van der Waals surface area contributed by atoms with Gasteiger partial charge in [-0.2, -0.15) is 5.26 Å². The average molecular weight is 195 g/mol. The summed E-state index contributed by atoms with van der Waals surface area (Å²) in [5, 5.41) is 12.2. The van der Waals surface area contributed by atoms with Crippen LogP contribution in [0.4, 0.5) is 0 Å². The lowest BCUT2D eigenvalue weighted by molar-refractivity contribution is 0.154. The van der Waals surface area contributed by atoms with E-state index in [4.69, 9.17) is 5.26 Å². The molecular formula is C11H21N3. The first-order valence-corrected chi connectivity index (χ1v) is 5.62. The van der Waals surface area contributed by atoms with Crippen molar-refractivity contribution in [3.8, 4) is 6.07 Å². The van der Waals surface area contributed by atoms with E-state index in [2.05, 4.69) is 23.2 Å². The van der Waals surface area contributed by atoms with Gasteiger partial charge in [-0.25, -0.2) is 0 Å². The summed E-state index contributed by atoms with van der Waals surface area (Å²) in [7, 11) is 0. The smallest absolute Gasteiger partial charge is 0.0949 e. The van der Waals surface area contributed by atoms with Crippen molar-refractivity contribution in [3.05, 3.63) is 0 Å². The Morgan fingerprint density at radius 3 is 3.07 bits per heavy atom. The molecule has 1 rings (SSSR count). The maximum atomic E-state index is 8.84. The van der Waals surface area contributed by atoms with Crippen LogP contribution in [-0.2, 0) is 0 Å². The molecule has 1 heterocycles. The van der Waals surface area contributed by atoms with Crippen molar-refractivity contribution in [2.75, 3.05) is 26.2 Å². The third kappa shape index (κ3) is 3.28. The van der Waals surface area contributed by atoms with Gasteiger partial charge < -0.3 is 5.32 Å². The molecule has 1 N–H and O–H groups in total. The third-order valence-electron chi connectivity index (χ3n) is 2.97. The lowest BCUT2D eigenvalue weighted by Crippen LogP contribution is -2.43. The topological polar surface area (TPSA) is 39.1 Å². The van der Waals surface area contributed by atoms with Crippen molar-refractivity contribution in [2.45, 2.75) is 32.7 Å². The first-order valence-electron chi connectivity index (χ1n) is 5.62. The number of hydrogen-bond donors (Lipinski definition) is 1. The molecule has 2 atom stereocenters. The summed E-state index contributed by atoms with van der Waals surface area (Å²) in [6.07, 6.45) is 2.55. The van der Waals surface area contributed by atoms with E-state index in [1.807, 2.05) is 6.92 Å². The number of rotatable bonds is 4. The van der Waals surface area contributed by atoms with Crippen LogP contribution in [0.25, 0.3) is 0 Å². The maximum absolute atomic E-state index is 8.84. The van der Waals surface area contributed by atoms with E-state index in [9.17, 15) is 0 Å². The van der Waals surface area contributed by atoms with E-state index in [1.54, 1.807) is 0 Å². The molecule has 14 heavy (non-hydrogen) atoms. The first-order chi connectivity index (χ1) is 6.77. The highest BCUT2D eigenvalue weighted by atomic mass is 15.2. The number of nitriles is 1. The van der Waals surface area contributed by atoms with Gasteiger partial charge in [0.05, 0.1) is 12.1 Å². The van der Waals surface area contributed by atoms with Crippen LogP contribution in [-0.4, -0.2) is 37.1 Å². The van der Waals surface area contributed by atoms with E-state index in [0.29, 0.717) is 0 Å². The standard InChI is InChI=1S/C11H21N3/c1-3-13-8-11-5-4-6-14(9-11)10(2)7-12/h10-11,13H,3-6,8-9H2,1-2H3. The van der Waals surface area contributed by atoms with E-state index < -0.39 is 0 Å². The minimum atomic E-state index is 0.0828. The summed E-state index contributed by atoms with van der Waals surface area (Å²) >= 11 is 0. The molecular weight excluding hydrogens is 174 g/mol. The second kappa shape index (κ2) is 6.00. The zero-order valence-electron chi connectivity index (χ0n) is 9.29. The molecule has 0 bridgehead atoms. The van der Waals surface area contributed by atoms with Gasteiger partial charge in [0.2, 0.25) is 0 Å².